The zero-order chi connectivity index (χ0) is 23.0. The topological polar surface area (TPSA) is 39.4 Å². The van der Waals surface area contributed by atoms with Crippen LogP contribution >= 0.6 is 34.8 Å². The Balaban J connectivity index is 1.79. The lowest BCUT2D eigenvalue weighted by atomic mass is 10.0. The Bertz CT molecular complexity index is 1380. The lowest BCUT2D eigenvalue weighted by molar-refractivity contribution is -0.152. The van der Waals surface area contributed by atoms with E-state index in [2.05, 4.69) is 0 Å². The maximum atomic E-state index is 13.8. The van der Waals surface area contributed by atoms with Crippen LogP contribution in [0.2, 0.25) is 15.1 Å². The van der Waals surface area contributed by atoms with Gasteiger partial charge in [-0.3, -0.25) is 4.79 Å². The molecule has 4 rings (SSSR count). The Morgan fingerprint density at radius 3 is 2.31 bits per heavy atom. The molecule has 0 saturated heterocycles. The Morgan fingerprint density at radius 1 is 0.875 bits per heavy atom. The molecule has 0 aliphatic rings. The van der Waals surface area contributed by atoms with Crippen LogP contribution in [0.5, 0.6) is 5.75 Å². The van der Waals surface area contributed by atoms with Gasteiger partial charge in [-0.2, -0.15) is 13.2 Å². The molecule has 0 atom stereocenters. The SMILES string of the molecule is O=c1c(-c2ccccc2Cl)c(C(F)(F)F)oc2cc(OCc3ccc(Cl)c(Cl)c3)ccc12. The Labute approximate surface area is 194 Å². The lowest BCUT2D eigenvalue weighted by Crippen LogP contribution is -2.16. The second-order valence-corrected chi connectivity index (χ2v) is 8.03. The van der Waals surface area contributed by atoms with Crippen molar-refractivity contribution in [3.05, 3.63) is 97.3 Å². The number of alkyl halides is 3. The van der Waals surface area contributed by atoms with Crippen molar-refractivity contribution in [2.45, 2.75) is 12.8 Å². The first kappa shape index (κ1) is 22.5. The van der Waals surface area contributed by atoms with Crippen LogP contribution in [-0.4, -0.2) is 0 Å². The van der Waals surface area contributed by atoms with Crippen LogP contribution in [-0.2, 0) is 12.8 Å². The highest BCUT2D eigenvalue weighted by Gasteiger charge is 2.39. The summed E-state index contributed by atoms with van der Waals surface area (Å²) in [6, 6.07) is 14.8. The van der Waals surface area contributed by atoms with E-state index >= 15 is 0 Å². The highest BCUT2D eigenvalue weighted by atomic mass is 35.5. The van der Waals surface area contributed by atoms with Crippen LogP contribution in [0, 0.1) is 0 Å². The molecule has 3 aromatic carbocycles. The molecule has 0 spiro atoms. The van der Waals surface area contributed by atoms with Crippen molar-refractivity contribution in [3.63, 3.8) is 0 Å². The molecule has 0 aliphatic heterocycles. The van der Waals surface area contributed by atoms with Gasteiger partial charge >= 0.3 is 6.18 Å². The molecular weight excluding hydrogens is 488 g/mol. The maximum Gasteiger partial charge on any atom is 0.450 e. The van der Waals surface area contributed by atoms with Crippen molar-refractivity contribution < 1.29 is 22.3 Å². The molecule has 0 saturated carbocycles. The summed E-state index contributed by atoms with van der Waals surface area (Å²) in [5, 5.41) is 0.706. The summed E-state index contributed by atoms with van der Waals surface area (Å²) in [6.07, 6.45) is -4.92. The van der Waals surface area contributed by atoms with E-state index in [1.54, 1.807) is 24.3 Å². The minimum atomic E-state index is -4.92. The molecule has 9 heteroatoms. The van der Waals surface area contributed by atoms with E-state index in [0.29, 0.717) is 15.6 Å². The first-order chi connectivity index (χ1) is 15.1. The molecule has 0 amide bonds. The van der Waals surface area contributed by atoms with Crippen molar-refractivity contribution in [1.29, 1.82) is 0 Å². The second-order valence-electron chi connectivity index (χ2n) is 6.81. The maximum absolute atomic E-state index is 13.8. The minimum Gasteiger partial charge on any atom is -0.489 e. The zero-order valence-electron chi connectivity index (χ0n) is 16.0. The number of rotatable bonds is 4. The molecule has 3 nitrogen and oxygen atoms in total. The normalized spacial score (nSPS) is 11.7. The van der Waals surface area contributed by atoms with Crippen molar-refractivity contribution in [1.82, 2.24) is 0 Å². The molecule has 164 valence electrons. The highest BCUT2D eigenvalue weighted by Crippen LogP contribution is 2.39. The van der Waals surface area contributed by atoms with Gasteiger partial charge in [0.05, 0.1) is 21.0 Å². The van der Waals surface area contributed by atoms with Gasteiger partial charge < -0.3 is 9.15 Å². The van der Waals surface area contributed by atoms with E-state index in [1.807, 2.05) is 0 Å². The molecule has 1 heterocycles. The molecule has 0 unspecified atom stereocenters. The average molecular weight is 500 g/mol. The van der Waals surface area contributed by atoms with Gasteiger partial charge in [0.25, 0.3) is 0 Å². The smallest absolute Gasteiger partial charge is 0.450 e. The molecule has 0 bridgehead atoms. The number of hydrogen-bond donors (Lipinski definition) is 0. The summed E-state index contributed by atoms with van der Waals surface area (Å²) in [7, 11) is 0. The third-order valence-electron chi connectivity index (χ3n) is 4.65. The number of ether oxygens (including phenoxy) is 1. The molecule has 0 fully saturated rings. The Hall–Kier alpha value is -2.67. The van der Waals surface area contributed by atoms with Crippen molar-refractivity contribution in [2.75, 3.05) is 0 Å². The third kappa shape index (κ3) is 4.44. The Kier molecular flexibility index (Phi) is 6.12. The summed E-state index contributed by atoms with van der Waals surface area (Å²) in [4.78, 5) is 13.0. The number of hydrogen-bond acceptors (Lipinski definition) is 3. The monoisotopic (exact) mass is 498 g/mol. The lowest BCUT2D eigenvalue weighted by Gasteiger charge is -2.14. The van der Waals surface area contributed by atoms with E-state index in [0.717, 1.165) is 0 Å². The molecule has 1 aromatic heterocycles. The summed E-state index contributed by atoms with van der Waals surface area (Å²) in [5.41, 5.74) is -1.10. The van der Waals surface area contributed by atoms with E-state index in [-0.39, 0.29) is 33.9 Å². The van der Waals surface area contributed by atoms with Gasteiger partial charge in [0.15, 0.2) is 0 Å². The minimum absolute atomic E-state index is 0.00577. The van der Waals surface area contributed by atoms with Gasteiger partial charge in [-0.15, -0.1) is 0 Å². The van der Waals surface area contributed by atoms with Gasteiger partial charge in [-0.1, -0.05) is 59.1 Å². The van der Waals surface area contributed by atoms with Gasteiger partial charge in [-0.25, -0.2) is 0 Å². The summed E-state index contributed by atoms with van der Waals surface area (Å²) < 4.78 is 52.2. The predicted octanol–water partition coefficient (Wildman–Crippen LogP) is 8.02. The number of halogens is 6. The summed E-state index contributed by atoms with van der Waals surface area (Å²) >= 11 is 17.9. The van der Waals surface area contributed by atoms with E-state index in [4.69, 9.17) is 44.0 Å². The van der Waals surface area contributed by atoms with Gasteiger partial charge in [0.2, 0.25) is 11.2 Å². The molecule has 0 radical (unpaired) electrons. The van der Waals surface area contributed by atoms with Crippen molar-refractivity contribution in [2.24, 2.45) is 0 Å². The fourth-order valence-electron chi connectivity index (χ4n) is 3.17. The fraction of sp³-hybridized carbons (Fsp3) is 0.0870. The largest absolute Gasteiger partial charge is 0.489 e. The molecular formula is C23H12Cl3F3O3. The molecule has 0 aliphatic carbocycles. The van der Waals surface area contributed by atoms with Gasteiger partial charge in [0.1, 0.15) is 17.9 Å². The quantitative estimate of drug-likeness (QED) is 0.285. The average Bonchev–Trinajstić information content (AvgIpc) is 2.74. The van der Waals surface area contributed by atoms with Crippen LogP contribution in [0.3, 0.4) is 0 Å². The zero-order valence-corrected chi connectivity index (χ0v) is 18.2. The number of benzene rings is 3. The highest BCUT2D eigenvalue weighted by molar-refractivity contribution is 6.42. The van der Waals surface area contributed by atoms with Gasteiger partial charge in [-0.05, 0) is 35.9 Å². The van der Waals surface area contributed by atoms with Crippen LogP contribution in [0.4, 0.5) is 13.2 Å². The van der Waals surface area contributed by atoms with E-state index < -0.39 is 22.9 Å². The van der Waals surface area contributed by atoms with Crippen LogP contribution in [0.1, 0.15) is 11.3 Å². The predicted molar refractivity (Wildman–Crippen MR) is 119 cm³/mol. The first-order valence-electron chi connectivity index (χ1n) is 9.15. The molecule has 32 heavy (non-hydrogen) atoms. The van der Waals surface area contributed by atoms with Crippen molar-refractivity contribution >= 4 is 45.8 Å². The fourth-order valence-corrected chi connectivity index (χ4v) is 3.72. The Morgan fingerprint density at radius 2 is 1.62 bits per heavy atom. The standard InChI is InChI=1S/C23H12Cl3F3O3/c24-16-4-2-1-3-14(16)20-21(30)15-7-6-13(10-19(15)32-22(20)23(27,28)29)31-11-12-5-8-17(25)18(26)9-12/h1-10H,11H2. The van der Waals surface area contributed by atoms with Crippen LogP contribution in [0.15, 0.2) is 69.9 Å². The van der Waals surface area contributed by atoms with E-state index in [9.17, 15) is 18.0 Å². The molecule has 0 N–H and O–H groups in total. The van der Waals surface area contributed by atoms with E-state index in [1.165, 1.54) is 36.4 Å². The van der Waals surface area contributed by atoms with Crippen molar-refractivity contribution in [3.8, 4) is 16.9 Å². The summed E-state index contributed by atoms with van der Waals surface area (Å²) in [5.74, 6) is -1.21. The number of fused-ring (bicyclic) bond motifs is 1. The van der Waals surface area contributed by atoms with Crippen LogP contribution in [0.25, 0.3) is 22.1 Å². The molecule has 4 aromatic rings. The second kappa shape index (κ2) is 8.70. The third-order valence-corrected chi connectivity index (χ3v) is 5.72. The summed E-state index contributed by atoms with van der Waals surface area (Å²) in [6.45, 7) is 0.0798. The first-order valence-corrected chi connectivity index (χ1v) is 10.3. The van der Waals surface area contributed by atoms with Crippen LogP contribution < -0.4 is 10.2 Å². The van der Waals surface area contributed by atoms with Gasteiger partial charge in [0, 0.05) is 16.7 Å².